The average Bonchev–Trinajstić information content (AvgIpc) is 2.68. The fourth-order valence-electron chi connectivity index (χ4n) is 3.79. The number of carbonyl (C=O) groups excluding carboxylic acids is 1. The summed E-state index contributed by atoms with van der Waals surface area (Å²) in [5, 5.41) is 13.0. The molecule has 8 heteroatoms. The molecule has 29 heavy (non-hydrogen) atoms. The molecule has 2 N–H and O–H groups in total. The first-order valence-corrected chi connectivity index (χ1v) is 10.0. The maximum Gasteiger partial charge on any atom is 0.245 e. The van der Waals surface area contributed by atoms with E-state index < -0.39 is 5.60 Å². The molecule has 1 fully saturated rings. The molecule has 0 aromatic carbocycles. The number of pyridine rings is 1. The van der Waals surface area contributed by atoms with Crippen molar-refractivity contribution in [3.8, 4) is 11.3 Å². The molecule has 8 nitrogen and oxygen atoms in total. The normalized spacial score (nSPS) is 17.8. The fourth-order valence-corrected chi connectivity index (χ4v) is 3.79. The van der Waals surface area contributed by atoms with Gasteiger partial charge in [0.05, 0.1) is 24.1 Å². The zero-order valence-corrected chi connectivity index (χ0v) is 17.1. The Bertz CT molecular complexity index is 919. The minimum Gasteiger partial charge on any atom is -0.384 e. The zero-order valence-electron chi connectivity index (χ0n) is 17.1. The molecule has 4 heterocycles. The molecule has 4 rings (SSSR count). The number of rotatable bonds is 4. The molecule has 0 unspecified atom stereocenters. The van der Waals surface area contributed by atoms with Crippen molar-refractivity contribution in [3.05, 3.63) is 29.7 Å². The minimum absolute atomic E-state index is 0.0704. The molecule has 0 bridgehead atoms. The molecule has 0 saturated carbocycles. The van der Waals surface area contributed by atoms with E-state index in [1.54, 1.807) is 26.2 Å². The van der Waals surface area contributed by atoms with E-state index in [1.807, 2.05) is 17.9 Å². The number of amides is 1. The predicted octanol–water partition coefficient (Wildman–Crippen LogP) is 2.26. The molecule has 0 radical (unpaired) electrons. The summed E-state index contributed by atoms with van der Waals surface area (Å²) in [4.78, 5) is 27.9. The lowest BCUT2D eigenvalue weighted by molar-refractivity contribution is -0.115. The largest absolute Gasteiger partial charge is 0.384 e. The van der Waals surface area contributed by atoms with Crippen molar-refractivity contribution < 1.29 is 14.6 Å². The highest BCUT2D eigenvalue weighted by Crippen LogP contribution is 2.32. The summed E-state index contributed by atoms with van der Waals surface area (Å²) in [5.74, 6) is 1.59. The number of ether oxygens (including phenoxy) is 1. The van der Waals surface area contributed by atoms with E-state index in [0.717, 1.165) is 43.7 Å². The van der Waals surface area contributed by atoms with Crippen LogP contribution in [0.2, 0.25) is 0 Å². The summed E-state index contributed by atoms with van der Waals surface area (Å²) in [7, 11) is 0. The molecule has 0 spiro atoms. The number of hydrogen-bond acceptors (Lipinski definition) is 7. The molecule has 2 aromatic rings. The summed E-state index contributed by atoms with van der Waals surface area (Å²) in [6, 6.07) is 1.87. The van der Waals surface area contributed by atoms with Crippen molar-refractivity contribution in [1.82, 2.24) is 15.0 Å². The van der Waals surface area contributed by atoms with Crippen LogP contribution in [0.25, 0.3) is 11.3 Å². The highest BCUT2D eigenvalue weighted by molar-refractivity contribution is 5.99. The quantitative estimate of drug-likeness (QED) is 0.816. The van der Waals surface area contributed by atoms with Crippen LogP contribution in [0.5, 0.6) is 0 Å². The SMILES string of the molecule is Cc1cc(C(C)(C)O)ncc1-c1cnc2c(n1)N(CC1CCOCC1)CC(=O)N2. The fraction of sp³-hybridized carbons (Fsp3) is 0.524. The van der Waals surface area contributed by atoms with Crippen LogP contribution >= 0.6 is 0 Å². The maximum absolute atomic E-state index is 12.1. The lowest BCUT2D eigenvalue weighted by Gasteiger charge is -2.33. The third kappa shape index (κ3) is 4.23. The molecule has 1 saturated heterocycles. The molecule has 154 valence electrons. The van der Waals surface area contributed by atoms with Crippen LogP contribution in [0.4, 0.5) is 11.6 Å². The minimum atomic E-state index is -1.00. The van der Waals surface area contributed by atoms with Crippen molar-refractivity contribution in [2.24, 2.45) is 5.92 Å². The first-order chi connectivity index (χ1) is 13.8. The third-order valence-corrected chi connectivity index (χ3v) is 5.48. The van der Waals surface area contributed by atoms with Gasteiger partial charge in [0.2, 0.25) is 5.91 Å². The molecule has 2 aromatic heterocycles. The summed E-state index contributed by atoms with van der Waals surface area (Å²) in [5.41, 5.74) is 2.12. The first-order valence-electron chi connectivity index (χ1n) is 10.0. The van der Waals surface area contributed by atoms with Gasteiger partial charge >= 0.3 is 0 Å². The van der Waals surface area contributed by atoms with Crippen LogP contribution in [0.3, 0.4) is 0 Å². The van der Waals surface area contributed by atoms with Crippen molar-refractivity contribution >= 4 is 17.5 Å². The highest BCUT2D eigenvalue weighted by atomic mass is 16.5. The highest BCUT2D eigenvalue weighted by Gasteiger charge is 2.28. The molecule has 0 atom stereocenters. The lowest BCUT2D eigenvalue weighted by Crippen LogP contribution is -2.42. The van der Waals surface area contributed by atoms with Gasteiger partial charge in [0.25, 0.3) is 0 Å². The topological polar surface area (TPSA) is 100 Å². The van der Waals surface area contributed by atoms with Gasteiger partial charge in [0.1, 0.15) is 5.60 Å². The zero-order chi connectivity index (χ0) is 20.6. The van der Waals surface area contributed by atoms with E-state index in [4.69, 9.17) is 9.72 Å². The van der Waals surface area contributed by atoms with Gasteiger partial charge in [-0.15, -0.1) is 0 Å². The second-order valence-corrected chi connectivity index (χ2v) is 8.36. The number of carbonyl (C=O) groups is 1. The predicted molar refractivity (Wildman–Crippen MR) is 110 cm³/mol. The maximum atomic E-state index is 12.1. The van der Waals surface area contributed by atoms with Gasteiger partial charge in [-0.3, -0.25) is 9.78 Å². The van der Waals surface area contributed by atoms with Crippen LogP contribution in [0, 0.1) is 12.8 Å². The van der Waals surface area contributed by atoms with Gasteiger partial charge in [0.15, 0.2) is 11.6 Å². The Morgan fingerprint density at radius 1 is 1.28 bits per heavy atom. The molecule has 2 aliphatic heterocycles. The number of hydrogen-bond donors (Lipinski definition) is 2. The number of nitrogens with one attached hydrogen (secondary N) is 1. The van der Waals surface area contributed by atoms with E-state index in [9.17, 15) is 9.90 Å². The monoisotopic (exact) mass is 397 g/mol. The van der Waals surface area contributed by atoms with Gasteiger partial charge in [-0.25, -0.2) is 9.97 Å². The molecule has 0 aliphatic carbocycles. The van der Waals surface area contributed by atoms with Crippen LogP contribution in [-0.4, -0.2) is 52.3 Å². The van der Waals surface area contributed by atoms with Gasteiger partial charge in [-0.1, -0.05) is 0 Å². The van der Waals surface area contributed by atoms with Crippen molar-refractivity contribution in [2.45, 2.75) is 39.2 Å². The third-order valence-electron chi connectivity index (χ3n) is 5.48. The number of aliphatic hydroxyl groups is 1. The average molecular weight is 397 g/mol. The molecule has 2 aliphatic rings. The van der Waals surface area contributed by atoms with Crippen molar-refractivity contribution in [1.29, 1.82) is 0 Å². The summed E-state index contributed by atoms with van der Waals surface area (Å²) < 4.78 is 5.45. The first kappa shape index (κ1) is 19.7. The van der Waals surface area contributed by atoms with Crippen LogP contribution < -0.4 is 10.2 Å². The molecular formula is C21H27N5O3. The van der Waals surface area contributed by atoms with Gasteiger partial charge in [-0.2, -0.15) is 0 Å². The van der Waals surface area contributed by atoms with E-state index in [-0.39, 0.29) is 12.5 Å². The number of aryl methyl sites for hydroxylation is 1. The van der Waals surface area contributed by atoms with Crippen LogP contribution in [0.1, 0.15) is 37.9 Å². The second-order valence-electron chi connectivity index (χ2n) is 8.36. The van der Waals surface area contributed by atoms with E-state index in [2.05, 4.69) is 15.3 Å². The Morgan fingerprint density at radius 2 is 2.03 bits per heavy atom. The Kier molecular flexibility index (Phi) is 5.23. The second kappa shape index (κ2) is 7.68. The van der Waals surface area contributed by atoms with Crippen LogP contribution in [-0.2, 0) is 15.1 Å². The van der Waals surface area contributed by atoms with E-state index in [1.165, 1.54) is 0 Å². The van der Waals surface area contributed by atoms with Crippen molar-refractivity contribution in [3.63, 3.8) is 0 Å². The number of nitrogens with zero attached hydrogens (tertiary/aromatic N) is 4. The Hall–Kier alpha value is -2.58. The number of fused-ring (bicyclic) bond motifs is 1. The van der Waals surface area contributed by atoms with E-state index >= 15 is 0 Å². The number of anilines is 2. The standard InChI is InChI=1S/C21H27N5O3/c1-13-8-17(21(2,3)28)22-9-15(13)16-10-23-19-20(24-16)26(12-18(27)25-19)11-14-4-6-29-7-5-14/h8-10,14,28H,4-7,11-12H2,1-3H3,(H,23,25,27). The van der Waals surface area contributed by atoms with E-state index in [0.29, 0.717) is 28.9 Å². The summed E-state index contributed by atoms with van der Waals surface area (Å²) >= 11 is 0. The van der Waals surface area contributed by atoms with Gasteiger partial charge < -0.3 is 20.1 Å². The van der Waals surface area contributed by atoms with Gasteiger partial charge in [-0.05, 0) is 51.2 Å². The van der Waals surface area contributed by atoms with Gasteiger partial charge in [0, 0.05) is 31.5 Å². The molecular weight excluding hydrogens is 370 g/mol. The Labute approximate surface area is 170 Å². The Balaban J connectivity index is 1.66. The number of aromatic nitrogens is 3. The van der Waals surface area contributed by atoms with Crippen LogP contribution in [0.15, 0.2) is 18.5 Å². The molecule has 1 amide bonds. The summed E-state index contributed by atoms with van der Waals surface area (Å²) in [6.45, 7) is 7.96. The smallest absolute Gasteiger partial charge is 0.245 e. The van der Waals surface area contributed by atoms with Crippen molar-refractivity contribution in [2.75, 3.05) is 36.5 Å². The summed E-state index contributed by atoms with van der Waals surface area (Å²) in [6.07, 6.45) is 5.36. The lowest BCUT2D eigenvalue weighted by atomic mass is 9.99. The Morgan fingerprint density at radius 3 is 2.72 bits per heavy atom.